The number of fused-ring (bicyclic) bond motifs is 1. The SMILES string of the molecule is Oc1cccc2c1C1CCC2c2ccccc21. The zero-order valence-corrected chi connectivity index (χ0v) is 9.56. The van der Waals surface area contributed by atoms with E-state index in [9.17, 15) is 5.11 Å². The first-order valence-electron chi connectivity index (χ1n) is 6.27. The molecule has 17 heavy (non-hydrogen) atoms. The van der Waals surface area contributed by atoms with Crippen molar-refractivity contribution in [3.63, 3.8) is 0 Å². The monoisotopic (exact) mass is 222 g/mol. The van der Waals surface area contributed by atoms with Gasteiger partial charge in [0, 0.05) is 17.4 Å². The first-order chi connectivity index (χ1) is 8.36. The first kappa shape index (κ1) is 9.29. The van der Waals surface area contributed by atoms with Crippen molar-refractivity contribution < 1.29 is 5.11 Å². The van der Waals surface area contributed by atoms with E-state index in [1.54, 1.807) is 0 Å². The van der Waals surface area contributed by atoms with Crippen LogP contribution in [0.15, 0.2) is 42.5 Å². The van der Waals surface area contributed by atoms with Crippen LogP contribution in [0.4, 0.5) is 0 Å². The molecule has 2 unspecified atom stereocenters. The molecule has 0 spiro atoms. The van der Waals surface area contributed by atoms with Gasteiger partial charge in [0.05, 0.1) is 0 Å². The molecule has 0 saturated heterocycles. The van der Waals surface area contributed by atoms with E-state index in [0.717, 1.165) is 0 Å². The zero-order chi connectivity index (χ0) is 11.4. The van der Waals surface area contributed by atoms with Crippen LogP contribution in [0.2, 0.25) is 0 Å². The summed E-state index contributed by atoms with van der Waals surface area (Å²) >= 11 is 0. The molecule has 0 saturated carbocycles. The van der Waals surface area contributed by atoms with E-state index >= 15 is 0 Å². The second kappa shape index (κ2) is 3.13. The second-order valence-electron chi connectivity index (χ2n) is 5.09. The van der Waals surface area contributed by atoms with Crippen LogP contribution in [-0.4, -0.2) is 5.11 Å². The molecule has 2 aromatic rings. The lowest BCUT2D eigenvalue weighted by Gasteiger charge is -2.40. The highest BCUT2D eigenvalue weighted by Crippen LogP contribution is 2.54. The number of benzene rings is 2. The van der Waals surface area contributed by atoms with Crippen LogP contribution in [0.5, 0.6) is 5.75 Å². The van der Waals surface area contributed by atoms with Gasteiger partial charge in [-0.3, -0.25) is 0 Å². The summed E-state index contributed by atoms with van der Waals surface area (Å²) in [6.07, 6.45) is 2.39. The molecule has 0 amide bonds. The fraction of sp³-hybridized carbons (Fsp3) is 0.250. The molecule has 3 aliphatic rings. The van der Waals surface area contributed by atoms with Crippen molar-refractivity contribution in [2.75, 3.05) is 0 Å². The first-order valence-corrected chi connectivity index (χ1v) is 6.27. The van der Waals surface area contributed by atoms with Crippen molar-refractivity contribution in [2.24, 2.45) is 0 Å². The lowest BCUT2D eigenvalue weighted by molar-refractivity contribution is 0.440. The topological polar surface area (TPSA) is 20.2 Å². The van der Waals surface area contributed by atoms with E-state index in [1.807, 2.05) is 12.1 Å². The van der Waals surface area contributed by atoms with Gasteiger partial charge in [0.25, 0.3) is 0 Å². The Kier molecular flexibility index (Phi) is 1.71. The summed E-state index contributed by atoms with van der Waals surface area (Å²) in [5.41, 5.74) is 5.43. The maximum atomic E-state index is 10.1. The highest BCUT2D eigenvalue weighted by atomic mass is 16.3. The highest BCUT2D eigenvalue weighted by Gasteiger charge is 2.38. The third-order valence-electron chi connectivity index (χ3n) is 4.33. The van der Waals surface area contributed by atoms with Gasteiger partial charge in [-0.2, -0.15) is 0 Å². The second-order valence-corrected chi connectivity index (χ2v) is 5.09. The maximum absolute atomic E-state index is 10.1. The predicted molar refractivity (Wildman–Crippen MR) is 67.5 cm³/mol. The van der Waals surface area contributed by atoms with Crippen LogP contribution in [0.1, 0.15) is 46.9 Å². The van der Waals surface area contributed by atoms with Gasteiger partial charge in [-0.15, -0.1) is 0 Å². The molecule has 1 N–H and O–H groups in total. The van der Waals surface area contributed by atoms with Crippen molar-refractivity contribution in [2.45, 2.75) is 24.7 Å². The summed E-state index contributed by atoms with van der Waals surface area (Å²) < 4.78 is 0. The smallest absolute Gasteiger partial charge is 0.119 e. The molecule has 84 valence electrons. The average molecular weight is 222 g/mol. The minimum Gasteiger partial charge on any atom is -0.508 e. The van der Waals surface area contributed by atoms with E-state index < -0.39 is 0 Å². The van der Waals surface area contributed by atoms with Crippen LogP contribution < -0.4 is 0 Å². The summed E-state index contributed by atoms with van der Waals surface area (Å²) in [5.74, 6) is 1.39. The summed E-state index contributed by atoms with van der Waals surface area (Å²) in [6, 6.07) is 14.7. The van der Waals surface area contributed by atoms with Crippen LogP contribution >= 0.6 is 0 Å². The quantitative estimate of drug-likeness (QED) is 0.719. The van der Waals surface area contributed by atoms with Crippen molar-refractivity contribution in [3.8, 4) is 5.75 Å². The Morgan fingerprint density at radius 1 is 0.765 bits per heavy atom. The van der Waals surface area contributed by atoms with E-state index in [1.165, 1.54) is 35.1 Å². The number of rotatable bonds is 0. The Morgan fingerprint density at radius 2 is 1.41 bits per heavy atom. The molecule has 1 heteroatoms. The van der Waals surface area contributed by atoms with Crippen LogP contribution in [0.25, 0.3) is 0 Å². The molecule has 2 aromatic carbocycles. The van der Waals surface area contributed by atoms with Gasteiger partial charge in [0.15, 0.2) is 0 Å². The van der Waals surface area contributed by atoms with E-state index in [4.69, 9.17) is 0 Å². The molecule has 0 fully saturated rings. The van der Waals surface area contributed by atoms with Gasteiger partial charge in [0.2, 0.25) is 0 Å². The lowest BCUT2D eigenvalue weighted by atomic mass is 9.64. The van der Waals surface area contributed by atoms with E-state index in [2.05, 4.69) is 30.3 Å². The number of hydrogen-bond acceptors (Lipinski definition) is 1. The summed E-state index contributed by atoms with van der Waals surface area (Å²) in [4.78, 5) is 0. The standard InChI is InChI=1S/C16H14O/c17-15-7-3-6-13-12-8-9-14(16(13)15)11-5-2-1-4-10(11)12/h1-7,12,14,17H,8-9H2. The van der Waals surface area contributed by atoms with E-state index in [-0.39, 0.29) is 0 Å². The molecular weight excluding hydrogens is 208 g/mol. The third kappa shape index (κ3) is 1.09. The predicted octanol–water partition coefficient (Wildman–Crippen LogP) is 3.76. The third-order valence-corrected chi connectivity index (χ3v) is 4.33. The van der Waals surface area contributed by atoms with Crippen molar-refractivity contribution >= 4 is 0 Å². The van der Waals surface area contributed by atoms with Crippen LogP contribution in [0, 0.1) is 0 Å². The lowest BCUT2D eigenvalue weighted by Crippen LogP contribution is -2.24. The normalized spacial score (nSPS) is 24.2. The molecule has 5 rings (SSSR count). The van der Waals surface area contributed by atoms with Crippen molar-refractivity contribution in [1.29, 1.82) is 0 Å². The molecule has 0 radical (unpaired) electrons. The minimum atomic E-state index is 0.410. The Labute approximate surface area is 101 Å². The molecule has 2 bridgehead atoms. The molecule has 0 heterocycles. The molecule has 3 aliphatic carbocycles. The van der Waals surface area contributed by atoms with Crippen molar-refractivity contribution in [1.82, 2.24) is 0 Å². The summed E-state index contributed by atoms with van der Waals surface area (Å²) in [5, 5.41) is 10.1. The van der Waals surface area contributed by atoms with Crippen LogP contribution in [0.3, 0.4) is 0 Å². The van der Waals surface area contributed by atoms with Gasteiger partial charge < -0.3 is 5.11 Å². The Bertz CT molecular complexity index is 600. The van der Waals surface area contributed by atoms with Gasteiger partial charge in [-0.1, -0.05) is 36.4 Å². The molecule has 1 nitrogen and oxygen atoms in total. The Balaban J connectivity index is 2.05. The fourth-order valence-electron chi connectivity index (χ4n) is 3.67. The number of phenolic OH excluding ortho intramolecular Hbond substituents is 1. The van der Waals surface area contributed by atoms with Gasteiger partial charge >= 0.3 is 0 Å². The molecule has 2 atom stereocenters. The molecular formula is C16H14O. The number of hydrogen-bond donors (Lipinski definition) is 1. The van der Waals surface area contributed by atoms with Crippen LogP contribution in [-0.2, 0) is 0 Å². The molecule has 0 aromatic heterocycles. The fourth-order valence-corrected chi connectivity index (χ4v) is 3.67. The largest absolute Gasteiger partial charge is 0.508 e. The van der Waals surface area contributed by atoms with E-state index in [0.29, 0.717) is 17.6 Å². The van der Waals surface area contributed by atoms with Gasteiger partial charge in [-0.25, -0.2) is 0 Å². The minimum absolute atomic E-state index is 0.410. The average Bonchev–Trinajstić information content (AvgIpc) is 2.40. The number of aromatic hydroxyl groups is 1. The highest BCUT2D eigenvalue weighted by molar-refractivity contribution is 5.58. The molecule has 0 aliphatic heterocycles. The van der Waals surface area contributed by atoms with Crippen molar-refractivity contribution in [3.05, 3.63) is 64.7 Å². The zero-order valence-electron chi connectivity index (χ0n) is 9.56. The number of phenols is 1. The Hall–Kier alpha value is -1.76. The Morgan fingerprint density at radius 3 is 2.24 bits per heavy atom. The van der Waals surface area contributed by atoms with Gasteiger partial charge in [0.1, 0.15) is 5.75 Å². The summed E-state index contributed by atoms with van der Waals surface area (Å²) in [7, 11) is 0. The maximum Gasteiger partial charge on any atom is 0.119 e. The van der Waals surface area contributed by atoms with Gasteiger partial charge in [-0.05, 0) is 35.6 Å². The summed E-state index contributed by atoms with van der Waals surface area (Å²) in [6.45, 7) is 0.